The van der Waals surface area contributed by atoms with Gasteiger partial charge in [0.1, 0.15) is 17.3 Å². The van der Waals surface area contributed by atoms with Crippen molar-refractivity contribution in [3.8, 4) is 5.75 Å². The van der Waals surface area contributed by atoms with E-state index in [-0.39, 0.29) is 17.1 Å². The van der Waals surface area contributed by atoms with E-state index in [0.717, 1.165) is 11.3 Å². The number of amides is 1. The van der Waals surface area contributed by atoms with Crippen LogP contribution in [0.4, 0.5) is 11.5 Å². The second kappa shape index (κ2) is 9.53. The average Bonchev–Trinajstić information content (AvgIpc) is 3.13. The van der Waals surface area contributed by atoms with E-state index in [2.05, 4.69) is 4.98 Å². The Kier molecular flexibility index (Phi) is 6.35. The molecule has 0 aliphatic carbocycles. The van der Waals surface area contributed by atoms with Gasteiger partial charge in [-0.05, 0) is 48.4 Å². The zero-order valence-corrected chi connectivity index (χ0v) is 18.2. The number of aromatic nitrogens is 1. The molecule has 9 nitrogen and oxygen atoms in total. The van der Waals surface area contributed by atoms with Gasteiger partial charge in [0.15, 0.2) is 0 Å². The lowest BCUT2D eigenvalue weighted by Gasteiger charge is -2.24. The molecule has 4 rings (SSSR count). The summed E-state index contributed by atoms with van der Waals surface area (Å²) in [5.41, 5.74) is 0.210. The quantitative estimate of drug-likeness (QED) is 0.183. The van der Waals surface area contributed by atoms with Crippen molar-refractivity contribution in [2.75, 3.05) is 11.5 Å². The number of non-ortho nitro benzene ring substituents is 1. The topological polar surface area (TPSA) is 123 Å². The van der Waals surface area contributed by atoms with Gasteiger partial charge in [-0.25, -0.2) is 4.98 Å². The summed E-state index contributed by atoms with van der Waals surface area (Å²) in [4.78, 5) is 42.3. The van der Waals surface area contributed by atoms with Gasteiger partial charge in [0, 0.05) is 23.9 Å². The number of hydrogen-bond donors (Lipinski definition) is 1. The van der Waals surface area contributed by atoms with Crippen molar-refractivity contribution in [1.29, 1.82) is 0 Å². The third-order valence-electron chi connectivity index (χ3n) is 5.34. The smallest absolute Gasteiger partial charge is 0.301 e. The van der Waals surface area contributed by atoms with Gasteiger partial charge in [-0.3, -0.25) is 24.6 Å². The molecule has 3 aromatic rings. The summed E-state index contributed by atoms with van der Waals surface area (Å²) >= 11 is 0. The number of benzene rings is 2. The summed E-state index contributed by atoms with van der Waals surface area (Å²) < 4.78 is 5.56. The molecule has 1 atom stereocenters. The molecule has 1 unspecified atom stereocenters. The van der Waals surface area contributed by atoms with Crippen LogP contribution < -0.4 is 9.64 Å². The van der Waals surface area contributed by atoms with E-state index < -0.39 is 28.4 Å². The number of pyridine rings is 1. The Labute approximate surface area is 195 Å². The van der Waals surface area contributed by atoms with E-state index in [0.29, 0.717) is 23.5 Å². The molecule has 0 saturated carbocycles. The first kappa shape index (κ1) is 22.7. The fraction of sp³-hybridized carbons (Fsp3) is 0.160. The first-order valence-corrected chi connectivity index (χ1v) is 10.6. The molecule has 1 saturated heterocycles. The van der Waals surface area contributed by atoms with Crippen LogP contribution in [0.5, 0.6) is 5.75 Å². The van der Waals surface area contributed by atoms with Gasteiger partial charge in [0.2, 0.25) is 0 Å². The number of carbonyl (C=O) groups excluding carboxylic acids is 2. The van der Waals surface area contributed by atoms with Gasteiger partial charge in [-0.2, -0.15) is 0 Å². The van der Waals surface area contributed by atoms with Crippen molar-refractivity contribution in [3.05, 3.63) is 99.7 Å². The minimum Gasteiger partial charge on any atom is -0.507 e. The number of aliphatic hydroxyl groups is 1. The van der Waals surface area contributed by atoms with Gasteiger partial charge in [0.25, 0.3) is 11.5 Å². The van der Waals surface area contributed by atoms with Gasteiger partial charge in [-0.1, -0.05) is 25.1 Å². The number of anilines is 1. The molecule has 0 bridgehead atoms. The maximum Gasteiger partial charge on any atom is 0.301 e. The number of nitrogens with zero attached hydrogens (tertiary/aromatic N) is 3. The summed E-state index contributed by atoms with van der Waals surface area (Å²) in [5, 5.41) is 22.5. The molecule has 1 amide bonds. The van der Waals surface area contributed by atoms with E-state index in [9.17, 15) is 24.8 Å². The minimum atomic E-state index is -1.11. The van der Waals surface area contributed by atoms with Crippen molar-refractivity contribution in [2.45, 2.75) is 19.4 Å². The van der Waals surface area contributed by atoms with Gasteiger partial charge >= 0.3 is 5.91 Å². The molecule has 2 aromatic carbocycles. The van der Waals surface area contributed by atoms with Gasteiger partial charge in [-0.15, -0.1) is 0 Å². The highest BCUT2D eigenvalue weighted by molar-refractivity contribution is 6.51. The minimum absolute atomic E-state index is 0.182. The Balaban J connectivity index is 1.87. The molecule has 1 fully saturated rings. The van der Waals surface area contributed by atoms with Crippen LogP contribution in [-0.4, -0.2) is 33.3 Å². The van der Waals surface area contributed by atoms with Crippen LogP contribution in [0.15, 0.2) is 78.5 Å². The lowest BCUT2D eigenvalue weighted by Crippen LogP contribution is -2.30. The Hall–Kier alpha value is -4.53. The molecule has 0 spiro atoms. The second-order valence-corrected chi connectivity index (χ2v) is 7.58. The molecular weight excluding hydrogens is 438 g/mol. The summed E-state index contributed by atoms with van der Waals surface area (Å²) in [5.74, 6) is -1.41. The van der Waals surface area contributed by atoms with Crippen LogP contribution in [0, 0.1) is 10.1 Å². The Morgan fingerprint density at radius 1 is 1.12 bits per heavy atom. The fourth-order valence-electron chi connectivity index (χ4n) is 3.77. The predicted molar refractivity (Wildman–Crippen MR) is 124 cm³/mol. The average molecular weight is 459 g/mol. The van der Waals surface area contributed by atoms with Crippen LogP contribution in [0.25, 0.3) is 5.76 Å². The summed E-state index contributed by atoms with van der Waals surface area (Å²) in [7, 11) is 0. The van der Waals surface area contributed by atoms with Gasteiger partial charge < -0.3 is 9.84 Å². The summed E-state index contributed by atoms with van der Waals surface area (Å²) in [6, 6.07) is 15.8. The summed E-state index contributed by atoms with van der Waals surface area (Å²) in [6.45, 7) is 2.52. The molecule has 0 radical (unpaired) electrons. The van der Waals surface area contributed by atoms with E-state index in [1.54, 1.807) is 48.5 Å². The fourth-order valence-corrected chi connectivity index (χ4v) is 3.77. The van der Waals surface area contributed by atoms with Crippen molar-refractivity contribution in [1.82, 2.24) is 4.98 Å². The largest absolute Gasteiger partial charge is 0.507 e. The first-order chi connectivity index (χ1) is 16.4. The van der Waals surface area contributed by atoms with E-state index in [4.69, 9.17) is 4.74 Å². The van der Waals surface area contributed by atoms with E-state index in [1.807, 2.05) is 6.92 Å². The maximum atomic E-state index is 13.1. The first-order valence-electron chi connectivity index (χ1n) is 10.6. The zero-order valence-electron chi connectivity index (χ0n) is 18.2. The normalized spacial score (nSPS) is 17.1. The number of Topliss-reactive ketones (excluding diaryl/α,β-unsaturated/α-hetero) is 1. The van der Waals surface area contributed by atoms with Crippen LogP contribution in [-0.2, 0) is 9.59 Å². The molecule has 34 heavy (non-hydrogen) atoms. The Morgan fingerprint density at radius 2 is 1.88 bits per heavy atom. The van der Waals surface area contributed by atoms with Crippen molar-refractivity contribution in [3.63, 3.8) is 0 Å². The highest BCUT2D eigenvalue weighted by atomic mass is 16.6. The molecule has 172 valence electrons. The van der Waals surface area contributed by atoms with Crippen molar-refractivity contribution < 1.29 is 24.4 Å². The number of ketones is 1. The number of carbonyl (C=O) groups is 2. The SMILES string of the molecule is CCCOc1ccc(/C(O)=C2/C(=O)C(=O)N(c3ccccn3)C2c2cccc([N+](=O)[O-])c2)cc1. The standard InChI is InChI=1S/C25H21N3O6/c1-2-14-34-19-11-9-16(10-12-19)23(29)21-22(17-6-5-7-18(15-17)28(32)33)27(25(31)24(21)30)20-8-3-4-13-26-20/h3-13,15,22,29H,2,14H2,1H3/b23-21-. The maximum absolute atomic E-state index is 13.1. The third-order valence-corrected chi connectivity index (χ3v) is 5.34. The molecule has 9 heteroatoms. The van der Waals surface area contributed by atoms with E-state index >= 15 is 0 Å². The zero-order chi connectivity index (χ0) is 24.2. The van der Waals surface area contributed by atoms with Crippen LogP contribution in [0.3, 0.4) is 0 Å². The predicted octanol–water partition coefficient (Wildman–Crippen LogP) is 4.40. The lowest BCUT2D eigenvalue weighted by atomic mass is 9.95. The third kappa shape index (κ3) is 4.23. The molecule has 1 aromatic heterocycles. The Morgan fingerprint density at radius 3 is 2.53 bits per heavy atom. The van der Waals surface area contributed by atoms with Crippen LogP contribution in [0.2, 0.25) is 0 Å². The summed E-state index contributed by atoms with van der Waals surface area (Å²) in [6.07, 6.45) is 2.30. The number of nitro benzene ring substituents is 1. The van der Waals surface area contributed by atoms with Crippen LogP contribution in [0.1, 0.15) is 30.5 Å². The number of rotatable bonds is 7. The molecule has 1 aliphatic heterocycles. The monoisotopic (exact) mass is 459 g/mol. The van der Waals surface area contributed by atoms with E-state index in [1.165, 1.54) is 24.4 Å². The second-order valence-electron chi connectivity index (χ2n) is 7.58. The molecular formula is C25H21N3O6. The number of ether oxygens (including phenoxy) is 1. The highest BCUT2D eigenvalue weighted by Gasteiger charge is 2.47. The van der Waals surface area contributed by atoms with Crippen molar-refractivity contribution in [2.24, 2.45) is 0 Å². The molecule has 1 N–H and O–H groups in total. The molecule has 2 heterocycles. The Bertz CT molecular complexity index is 1270. The van der Waals surface area contributed by atoms with Crippen LogP contribution >= 0.6 is 0 Å². The lowest BCUT2D eigenvalue weighted by molar-refractivity contribution is -0.384. The number of aliphatic hydroxyl groups excluding tert-OH is 1. The van der Waals surface area contributed by atoms with Crippen molar-refractivity contribution >= 4 is 29.0 Å². The molecule has 1 aliphatic rings. The van der Waals surface area contributed by atoms with Gasteiger partial charge in [0.05, 0.1) is 23.1 Å². The number of hydrogen-bond acceptors (Lipinski definition) is 7. The highest BCUT2D eigenvalue weighted by Crippen LogP contribution is 2.42. The number of nitro groups is 1.